The Labute approximate surface area is 189 Å². The maximum atomic E-state index is 13.6. The van der Waals surface area contributed by atoms with E-state index in [1.807, 2.05) is 43.5 Å². The van der Waals surface area contributed by atoms with Crippen LogP contribution in [0.5, 0.6) is 11.5 Å². The Hall–Kier alpha value is -3.15. The molecule has 168 valence electrons. The summed E-state index contributed by atoms with van der Waals surface area (Å²) in [6, 6.07) is 9.63. The Balaban J connectivity index is 1.59. The summed E-state index contributed by atoms with van der Waals surface area (Å²) in [7, 11) is 3.22. The van der Waals surface area contributed by atoms with Crippen molar-refractivity contribution in [1.29, 1.82) is 0 Å². The minimum absolute atomic E-state index is 0.0287. The Morgan fingerprint density at radius 2 is 1.94 bits per heavy atom. The second-order valence-electron chi connectivity index (χ2n) is 8.67. The fraction of sp³-hybridized carbons (Fsp3) is 0.423. The number of benzene rings is 1. The minimum Gasteiger partial charge on any atom is -0.493 e. The Bertz CT molecular complexity index is 1030. The molecule has 1 atom stereocenters. The van der Waals surface area contributed by atoms with E-state index in [-0.39, 0.29) is 5.91 Å². The van der Waals surface area contributed by atoms with Gasteiger partial charge in [-0.15, -0.1) is 0 Å². The molecule has 0 bridgehead atoms. The van der Waals surface area contributed by atoms with E-state index in [0.717, 1.165) is 35.3 Å². The van der Waals surface area contributed by atoms with Gasteiger partial charge in [-0.1, -0.05) is 31.1 Å². The monoisotopic (exact) mass is 433 g/mol. The summed E-state index contributed by atoms with van der Waals surface area (Å²) < 4.78 is 10.7. The van der Waals surface area contributed by atoms with Crippen LogP contribution in [-0.2, 0) is 11.3 Å². The first-order valence-corrected chi connectivity index (χ1v) is 11.2. The van der Waals surface area contributed by atoms with Gasteiger partial charge in [0.25, 0.3) is 0 Å². The van der Waals surface area contributed by atoms with Gasteiger partial charge in [0.15, 0.2) is 11.5 Å². The number of rotatable bonds is 7. The number of nitrogens with zero attached hydrogens (tertiary/aromatic N) is 2. The highest BCUT2D eigenvalue weighted by Gasteiger charge is 2.43. The molecule has 1 saturated carbocycles. The molecule has 1 N–H and O–H groups in total. The zero-order valence-electron chi connectivity index (χ0n) is 19.1. The highest BCUT2D eigenvalue weighted by molar-refractivity contribution is 6.13. The number of hydrogen-bond acceptors (Lipinski definition) is 5. The van der Waals surface area contributed by atoms with Crippen molar-refractivity contribution in [3.8, 4) is 11.5 Å². The van der Waals surface area contributed by atoms with Crippen LogP contribution >= 0.6 is 0 Å². The molecule has 6 heteroatoms. The maximum absolute atomic E-state index is 13.6. The number of aromatic nitrogens is 1. The molecule has 4 rings (SSSR count). The molecular formula is C26H31N3O3. The molecule has 6 nitrogen and oxygen atoms in total. The van der Waals surface area contributed by atoms with E-state index in [0.29, 0.717) is 30.5 Å². The van der Waals surface area contributed by atoms with Gasteiger partial charge in [0.1, 0.15) is 5.41 Å². The topological polar surface area (TPSA) is 72.8 Å². The molecule has 0 spiro atoms. The molecule has 0 radical (unpaired) electrons. The third kappa shape index (κ3) is 4.40. The summed E-state index contributed by atoms with van der Waals surface area (Å²) in [6.45, 7) is 3.00. The van der Waals surface area contributed by atoms with E-state index in [2.05, 4.69) is 16.4 Å². The third-order valence-corrected chi connectivity index (χ3v) is 6.56. The van der Waals surface area contributed by atoms with E-state index in [4.69, 9.17) is 14.5 Å². The van der Waals surface area contributed by atoms with Crippen molar-refractivity contribution >= 4 is 17.2 Å². The van der Waals surface area contributed by atoms with Gasteiger partial charge >= 0.3 is 0 Å². The highest BCUT2D eigenvalue weighted by Crippen LogP contribution is 2.39. The summed E-state index contributed by atoms with van der Waals surface area (Å²) in [4.78, 5) is 22.8. The van der Waals surface area contributed by atoms with Gasteiger partial charge < -0.3 is 14.8 Å². The smallest absolute Gasteiger partial charge is 0.235 e. The van der Waals surface area contributed by atoms with Gasteiger partial charge in [-0.2, -0.15) is 0 Å². The number of ether oxygens (including phenoxy) is 2. The van der Waals surface area contributed by atoms with Gasteiger partial charge in [-0.25, -0.2) is 0 Å². The standard InChI is InChI=1S/C26H31N3O3/c1-26(25(30)29-15-18-10-11-22(31-2)23(13-18)32-3)14-21(20-9-6-12-27-16-20)17-28-24(26)19-7-4-5-8-19/h6,9-14,16,19H,4-5,7-8,15,17H2,1-3H3,(H,29,30). The molecule has 2 aromatic rings. The third-order valence-electron chi connectivity index (χ3n) is 6.56. The van der Waals surface area contributed by atoms with Crippen LogP contribution in [0, 0.1) is 11.3 Å². The van der Waals surface area contributed by atoms with Crippen molar-refractivity contribution in [2.75, 3.05) is 20.8 Å². The first-order chi connectivity index (χ1) is 15.5. The average Bonchev–Trinajstić information content (AvgIpc) is 3.37. The van der Waals surface area contributed by atoms with Crippen LogP contribution in [0.15, 0.2) is 53.8 Å². The van der Waals surface area contributed by atoms with Crippen LogP contribution in [0.25, 0.3) is 5.57 Å². The fourth-order valence-corrected chi connectivity index (χ4v) is 4.82. The molecule has 1 unspecified atom stereocenters. The quantitative estimate of drug-likeness (QED) is 0.700. The molecule has 1 aliphatic heterocycles. The number of methoxy groups -OCH3 is 2. The van der Waals surface area contributed by atoms with Crippen LogP contribution in [0.3, 0.4) is 0 Å². The van der Waals surface area contributed by atoms with Gasteiger partial charge in [-0.05, 0) is 60.6 Å². The van der Waals surface area contributed by atoms with Crippen LogP contribution < -0.4 is 14.8 Å². The van der Waals surface area contributed by atoms with E-state index >= 15 is 0 Å². The molecule has 1 amide bonds. The SMILES string of the molecule is COc1ccc(CNC(=O)C2(C)C=C(c3cccnc3)CN=C2C2CCCC2)cc1OC. The Kier molecular flexibility index (Phi) is 6.58. The predicted octanol–water partition coefficient (Wildman–Crippen LogP) is 4.45. The second-order valence-corrected chi connectivity index (χ2v) is 8.67. The number of aliphatic imine (C=N–C) groups is 1. The minimum atomic E-state index is -0.783. The number of dihydropyridines is 1. The molecule has 2 heterocycles. The number of pyridine rings is 1. The van der Waals surface area contributed by atoms with Gasteiger partial charge in [0.2, 0.25) is 5.91 Å². The van der Waals surface area contributed by atoms with Crippen molar-refractivity contribution in [2.45, 2.75) is 39.2 Å². The van der Waals surface area contributed by atoms with Crippen LogP contribution in [0.4, 0.5) is 0 Å². The molecule has 2 aliphatic rings. The normalized spacial score (nSPS) is 21.0. The lowest BCUT2D eigenvalue weighted by atomic mass is 9.73. The zero-order valence-corrected chi connectivity index (χ0v) is 19.1. The average molecular weight is 434 g/mol. The zero-order chi connectivity index (χ0) is 22.6. The van der Waals surface area contributed by atoms with Crippen molar-refractivity contribution in [1.82, 2.24) is 10.3 Å². The van der Waals surface area contributed by atoms with Crippen LogP contribution in [0.1, 0.15) is 43.7 Å². The lowest BCUT2D eigenvalue weighted by molar-refractivity contribution is -0.125. The van der Waals surface area contributed by atoms with Gasteiger partial charge in [-0.3, -0.25) is 14.8 Å². The largest absolute Gasteiger partial charge is 0.493 e. The summed E-state index contributed by atoms with van der Waals surface area (Å²) in [5, 5.41) is 3.15. The molecule has 32 heavy (non-hydrogen) atoms. The first-order valence-electron chi connectivity index (χ1n) is 11.2. The van der Waals surface area contributed by atoms with Gasteiger partial charge in [0, 0.05) is 24.7 Å². The molecule has 1 aromatic carbocycles. The number of carbonyl (C=O) groups excluding carboxylic acids is 1. The van der Waals surface area contributed by atoms with E-state index in [1.54, 1.807) is 20.4 Å². The van der Waals surface area contributed by atoms with Crippen molar-refractivity contribution in [2.24, 2.45) is 16.3 Å². The number of nitrogens with one attached hydrogen (secondary N) is 1. The second kappa shape index (κ2) is 9.55. The number of hydrogen-bond donors (Lipinski definition) is 1. The predicted molar refractivity (Wildman–Crippen MR) is 126 cm³/mol. The molecular weight excluding hydrogens is 402 g/mol. The van der Waals surface area contributed by atoms with E-state index < -0.39 is 5.41 Å². The number of amides is 1. The summed E-state index contributed by atoms with van der Waals surface area (Å²) >= 11 is 0. The van der Waals surface area contributed by atoms with Gasteiger partial charge in [0.05, 0.1) is 20.8 Å². The highest BCUT2D eigenvalue weighted by atomic mass is 16.5. The lowest BCUT2D eigenvalue weighted by Gasteiger charge is -2.34. The molecule has 0 saturated heterocycles. The molecule has 1 aliphatic carbocycles. The summed E-state index contributed by atoms with van der Waals surface area (Å²) in [6.07, 6.45) is 10.3. The van der Waals surface area contributed by atoms with E-state index in [9.17, 15) is 4.79 Å². The lowest BCUT2D eigenvalue weighted by Crippen LogP contribution is -2.46. The number of carbonyl (C=O) groups is 1. The fourth-order valence-electron chi connectivity index (χ4n) is 4.82. The maximum Gasteiger partial charge on any atom is 0.235 e. The van der Waals surface area contributed by atoms with Crippen LogP contribution in [-0.4, -0.2) is 37.4 Å². The molecule has 1 aromatic heterocycles. The first kappa shape index (κ1) is 22.1. The Morgan fingerprint density at radius 1 is 1.16 bits per heavy atom. The summed E-state index contributed by atoms with van der Waals surface area (Å²) in [5.74, 6) is 1.66. The van der Waals surface area contributed by atoms with Crippen molar-refractivity contribution in [3.05, 3.63) is 59.9 Å². The molecule has 1 fully saturated rings. The van der Waals surface area contributed by atoms with Crippen LogP contribution in [0.2, 0.25) is 0 Å². The van der Waals surface area contributed by atoms with Crippen molar-refractivity contribution in [3.63, 3.8) is 0 Å². The Morgan fingerprint density at radius 3 is 2.62 bits per heavy atom. The summed E-state index contributed by atoms with van der Waals surface area (Å²) in [5.41, 5.74) is 3.25. The van der Waals surface area contributed by atoms with E-state index in [1.165, 1.54) is 12.8 Å². The van der Waals surface area contributed by atoms with Crippen molar-refractivity contribution < 1.29 is 14.3 Å².